The van der Waals surface area contributed by atoms with Gasteiger partial charge in [0.15, 0.2) is 11.5 Å². The molecule has 0 saturated carbocycles. The highest BCUT2D eigenvalue weighted by atomic mass is 35.5. The molecule has 0 aliphatic carbocycles. The number of sulfonamides is 1. The highest BCUT2D eigenvalue weighted by molar-refractivity contribution is 7.92. The normalized spacial score (nSPS) is 11.6. The van der Waals surface area contributed by atoms with Gasteiger partial charge in [0.05, 0.1) is 42.0 Å². The highest BCUT2D eigenvalue weighted by Crippen LogP contribution is 2.43. The SMILES string of the molecule is COC(=O)c1cc(NS(=O)(=O)c2ccc(C(C)(C)C)cc2)c(Oc2cc(OC)ccc2Cl)c(OCCO)c1. The van der Waals surface area contributed by atoms with Gasteiger partial charge in [0.25, 0.3) is 10.0 Å². The van der Waals surface area contributed by atoms with Crippen molar-refractivity contribution in [1.82, 2.24) is 0 Å². The fourth-order valence-electron chi connectivity index (χ4n) is 3.42. The molecule has 3 aromatic rings. The predicted octanol–water partition coefficient (Wildman–Crippen LogP) is 5.40. The Morgan fingerprint density at radius 2 is 1.68 bits per heavy atom. The van der Waals surface area contributed by atoms with E-state index in [1.807, 2.05) is 20.8 Å². The van der Waals surface area contributed by atoms with Crippen LogP contribution in [0.1, 0.15) is 36.7 Å². The van der Waals surface area contributed by atoms with Gasteiger partial charge in [-0.25, -0.2) is 13.2 Å². The van der Waals surface area contributed by atoms with E-state index in [-0.39, 0.29) is 57.0 Å². The van der Waals surface area contributed by atoms with Crippen LogP contribution < -0.4 is 18.9 Å². The Morgan fingerprint density at radius 3 is 2.26 bits per heavy atom. The Bertz CT molecular complexity index is 1400. The van der Waals surface area contributed by atoms with Gasteiger partial charge >= 0.3 is 5.97 Å². The second-order valence-electron chi connectivity index (χ2n) is 9.19. The lowest BCUT2D eigenvalue weighted by Gasteiger charge is -2.20. The third-order valence-corrected chi connectivity index (χ3v) is 7.14. The lowest BCUT2D eigenvalue weighted by molar-refractivity contribution is 0.0600. The van der Waals surface area contributed by atoms with E-state index >= 15 is 0 Å². The van der Waals surface area contributed by atoms with Gasteiger partial charge in [-0.1, -0.05) is 44.5 Å². The first kappa shape index (κ1) is 29.1. The van der Waals surface area contributed by atoms with Crippen molar-refractivity contribution in [2.24, 2.45) is 0 Å². The molecule has 204 valence electrons. The molecule has 0 aliphatic heterocycles. The summed E-state index contributed by atoms with van der Waals surface area (Å²) in [5, 5.41) is 9.53. The van der Waals surface area contributed by atoms with E-state index < -0.39 is 16.0 Å². The molecule has 0 aliphatic rings. The molecule has 0 unspecified atom stereocenters. The van der Waals surface area contributed by atoms with Crippen LogP contribution in [0.2, 0.25) is 5.02 Å². The minimum Gasteiger partial charge on any atom is -0.497 e. The monoisotopic (exact) mass is 563 g/mol. The van der Waals surface area contributed by atoms with Crippen molar-refractivity contribution in [1.29, 1.82) is 0 Å². The van der Waals surface area contributed by atoms with Crippen molar-refractivity contribution in [3.8, 4) is 23.0 Å². The lowest BCUT2D eigenvalue weighted by Crippen LogP contribution is -2.16. The van der Waals surface area contributed by atoms with Gasteiger partial charge in [0, 0.05) is 6.07 Å². The van der Waals surface area contributed by atoms with E-state index in [0.717, 1.165) is 5.56 Å². The zero-order valence-electron chi connectivity index (χ0n) is 21.7. The van der Waals surface area contributed by atoms with Crippen LogP contribution in [0.25, 0.3) is 0 Å². The van der Waals surface area contributed by atoms with E-state index in [9.17, 15) is 18.3 Å². The summed E-state index contributed by atoms with van der Waals surface area (Å²) in [5.74, 6) is -0.271. The first-order valence-electron chi connectivity index (χ1n) is 11.5. The number of nitrogens with one attached hydrogen (secondary N) is 1. The van der Waals surface area contributed by atoms with Crippen molar-refractivity contribution < 1.29 is 37.3 Å². The zero-order chi connectivity index (χ0) is 28.1. The third kappa shape index (κ3) is 6.89. The number of methoxy groups -OCH3 is 2. The van der Waals surface area contributed by atoms with Gasteiger partial charge in [-0.3, -0.25) is 4.72 Å². The number of ether oxygens (including phenoxy) is 4. The van der Waals surface area contributed by atoms with E-state index in [4.69, 9.17) is 30.5 Å². The van der Waals surface area contributed by atoms with Crippen LogP contribution in [-0.4, -0.2) is 46.9 Å². The van der Waals surface area contributed by atoms with Crippen LogP contribution in [-0.2, 0) is 20.2 Å². The fraction of sp³-hybridized carbons (Fsp3) is 0.296. The number of rotatable bonds is 10. The predicted molar refractivity (Wildman–Crippen MR) is 144 cm³/mol. The zero-order valence-corrected chi connectivity index (χ0v) is 23.3. The molecule has 0 heterocycles. The van der Waals surface area contributed by atoms with Gasteiger partial charge < -0.3 is 24.1 Å². The smallest absolute Gasteiger partial charge is 0.338 e. The molecule has 11 heteroatoms. The second-order valence-corrected chi connectivity index (χ2v) is 11.3. The summed E-state index contributed by atoms with van der Waals surface area (Å²) in [4.78, 5) is 12.4. The first-order chi connectivity index (χ1) is 17.9. The Balaban J connectivity index is 2.16. The summed E-state index contributed by atoms with van der Waals surface area (Å²) < 4.78 is 51.0. The number of hydrogen-bond acceptors (Lipinski definition) is 8. The Kier molecular flexibility index (Phi) is 9.14. The number of hydrogen-bond donors (Lipinski definition) is 2. The molecular weight excluding hydrogens is 534 g/mol. The topological polar surface area (TPSA) is 120 Å². The summed E-state index contributed by atoms with van der Waals surface area (Å²) in [5.41, 5.74) is 0.672. The molecule has 0 aromatic heterocycles. The molecule has 9 nitrogen and oxygen atoms in total. The van der Waals surface area contributed by atoms with Gasteiger partial charge in [-0.05, 0) is 47.4 Å². The van der Waals surface area contributed by atoms with Crippen LogP contribution in [0, 0.1) is 0 Å². The highest BCUT2D eigenvalue weighted by Gasteiger charge is 2.25. The fourth-order valence-corrected chi connectivity index (χ4v) is 4.63. The van der Waals surface area contributed by atoms with Crippen LogP contribution in [0.5, 0.6) is 23.0 Å². The van der Waals surface area contributed by atoms with Crippen LogP contribution in [0.15, 0.2) is 59.5 Å². The summed E-state index contributed by atoms with van der Waals surface area (Å²) >= 11 is 6.32. The summed E-state index contributed by atoms with van der Waals surface area (Å²) in [6.07, 6.45) is 0. The van der Waals surface area contributed by atoms with Crippen LogP contribution in [0.4, 0.5) is 5.69 Å². The van der Waals surface area contributed by atoms with E-state index in [1.54, 1.807) is 24.3 Å². The maximum Gasteiger partial charge on any atom is 0.338 e. The quantitative estimate of drug-likeness (QED) is 0.315. The molecule has 2 N–H and O–H groups in total. The summed E-state index contributed by atoms with van der Waals surface area (Å²) in [6.45, 7) is 5.56. The van der Waals surface area contributed by atoms with Gasteiger partial charge in [-0.2, -0.15) is 0 Å². The number of carbonyl (C=O) groups excluding carboxylic acids is 1. The number of benzene rings is 3. The number of aliphatic hydroxyl groups is 1. The minimum atomic E-state index is -4.14. The first-order valence-corrected chi connectivity index (χ1v) is 13.4. The van der Waals surface area contributed by atoms with Gasteiger partial charge in [-0.15, -0.1) is 0 Å². The van der Waals surface area contributed by atoms with E-state index in [1.165, 1.54) is 44.6 Å². The van der Waals surface area contributed by atoms with Crippen molar-refractivity contribution >= 4 is 33.3 Å². The van der Waals surface area contributed by atoms with E-state index in [2.05, 4.69) is 4.72 Å². The number of halogens is 1. The summed E-state index contributed by atoms with van der Waals surface area (Å²) in [7, 11) is -1.48. The van der Waals surface area contributed by atoms with Crippen LogP contribution >= 0.6 is 11.6 Å². The molecule has 0 fully saturated rings. The lowest BCUT2D eigenvalue weighted by atomic mass is 9.87. The largest absolute Gasteiger partial charge is 0.497 e. The Morgan fingerprint density at radius 1 is 1.00 bits per heavy atom. The molecule has 0 bridgehead atoms. The molecule has 0 atom stereocenters. The third-order valence-electron chi connectivity index (χ3n) is 5.45. The molecule has 38 heavy (non-hydrogen) atoms. The molecule has 3 aromatic carbocycles. The Labute approximate surface area is 227 Å². The minimum absolute atomic E-state index is 0.00263. The maximum absolute atomic E-state index is 13.4. The Hall–Kier alpha value is -3.47. The molecule has 0 spiro atoms. The second kappa shape index (κ2) is 11.9. The van der Waals surface area contributed by atoms with Gasteiger partial charge in [0.1, 0.15) is 18.1 Å². The maximum atomic E-state index is 13.4. The molecule has 0 amide bonds. The van der Waals surface area contributed by atoms with Gasteiger partial charge in [0.2, 0.25) is 0 Å². The standard InChI is InChI=1S/C27H30ClNO8S/c1-27(2,3)18-6-9-20(10-7-18)38(32,33)29-22-14-17(26(31)35-5)15-24(36-13-12-30)25(22)37-23-16-19(34-4)8-11-21(23)28/h6-11,14-16,29-30H,12-13H2,1-5H3. The summed E-state index contributed by atoms with van der Waals surface area (Å²) in [6, 6.07) is 13.7. The number of carbonyl (C=O) groups is 1. The van der Waals surface area contributed by atoms with E-state index in [0.29, 0.717) is 5.75 Å². The average molecular weight is 564 g/mol. The van der Waals surface area contributed by atoms with Crippen molar-refractivity contribution in [3.63, 3.8) is 0 Å². The molecule has 0 saturated heterocycles. The molecule has 0 radical (unpaired) electrons. The molecular formula is C27H30ClNO8S. The number of esters is 1. The average Bonchev–Trinajstić information content (AvgIpc) is 2.88. The van der Waals surface area contributed by atoms with Crippen molar-refractivity contribution in [3.05, 3.63) is 70.7 Å². The van der Waals surface area contributed by atoms with Crippen molar-refractivity contribution in [2.75, 3.05) is 32.2 Å². The van der Waals surface area contributed by atoms with Crippen LogP contribution in [0.3, 0.4) is 0 Å². The van der Waals surface area contributed by atoms with Crippen molar-refractivity contribution in [2.45, 2.75) is 31.1 Å². The number of aliphatic hydroxyl groups excluding tert-OH is 1. The number of anilines is 1. The molecule has 3 rings (SSSR count).